The number of aromatic nitrogens is 2. The molecule has 134 valence electrons. The molecule has 0 spiro atoms. The van der Waals surface area contributed by atoms with E-state index >= 15 is 0 Å². The van der Waals surface area contributed by atoms with Crippen LogP contribution in [0.25, 0.3) is 10.9 Å². The highest BCUT2D eigenvalue weighted by atomic mass is 16.1. The number of ketones is 1. The van der Waals surface area contributed by atoms with E-state index < -0.39 is 0 Å². The zero-order chi connectivity index (χ0) is 18.9. The number of Topliss-reactive ketones (excluding diaryl/α,β-unsaturated/α-hetero) is 1. The van der Waals surface area contributed by atoms with Gasteiger partial charge in [0.25, 0.3) is 5.91 Å². The summed E-state index contributed by atoms with van der Waals surface area (Å²) >= 11 is 0. The highest BCUT2D eigenvalue weighted by Crippen LogP contribution is 2.22. The highest BCUT2D eigenvalue weighted by Gasteiger charge is 2.21. The van der Waals surface area contributed by atoms with Crippen LogP contribution in [0.15, 0.2) is 42.6 Å². The molecular formula is C21H23N3O2. The summed E-state index contributed by atoms with van der Waals surface area (Å²) in [7, 11) is 0. The molecule has 0 aliphatic heterocycles. The number of carbonyl (C=O) groups excluding carboxylic acids is 2. The molecule has 5 heteroatoms. The molecule has 0 aliphatic rings. The van der Waals surface area contributed by atoms with Crippen LogP contribution in [0, 0.1) is 12.3 Å². The summed E-state index contributed by atoms with van der Waals surface area (Å²) in [6, 6.07) is 11.1. The largest absolute Gasteiger partial charge is 0.357 e. The second kappa shape index (κ2) is 6.75. The third-order valence-electron chi connectivity index (χ3n) is 4.30. The summed E-state index contributed by atoms with van der Waals surface area (Å²) in [5, 5.41) is 3.73. The van der Waals surface area contributed by atoms with Crippen molar-refractivity contribution in [2.45, 2.75) is 34.1 Å². The first-order chi connectivity index (χ1) is 12.2. The van der Waals surface area contributed by atoms with Crippen molar-refractivity contribution in [3.05, 3.63) is 59.4 Å². The summed E-state index contributed by atoms with van der Waals surface area (Å²) < 4.78 is 0. The van der Waals surface area contributed by atoms with E-state index in [4.69, 9.17) is 0 Å². The maximum absolute atomic E-state index is 12.3. The van der Waals surface area contributed by atoms with Crippen molar-refractivity contribution in [2.24, 2.45) is 5.41 Å². The second-order valence-corrected chi connectivity index (χ2v) is 7.62. The number of aryl methyl sites for hydroxylation is 1. The number of fused-ring (bicyclic) bond motifs is 1. The molecule has 3 rings (SSSR count). The second-order valence-electron chi connectivity index (χ2n) is 7.62. The van der Waals surface area contributed by atoms with Crippen molar-refractivity contribution in [2.75, 3.05) is 5.32 Å². The fourth-order valence-corrected chi connectivity index (χ4v) is 2.59. The molecule has 2 N–H and O–H groups in total. The average molecular weight is 349 g/mol. The van der Waals surface area contributed by atoms with Crippen LogP contribution in [-0.2, 0) is 11.2 Å². The molecule has 0 fully saturated rings. The first-order valence-electron chi connectivity index (χ1n) is 8.61. The summed E-state index contributed by atoms with van der Waals surface area (Å²) in [5.74, 6) is 0.455. The third kappa shape index (κ3) is 3.99. The fraction of sp³-hybridized carbons (Fsp3) is 0.286. The van der Waals surface area contributed by atoms with Crippen molar-refractivity contribution < 1.29 is 9.59 Å². The minimum atomic E-state index is -0.372. The molecule has 5 nitrogen and oxygen atoms in total. The molecule has 1 aromatic carbocycles. The number of aromatic amines is 1. The molecule has 0 unspecified atom stereocenters. The van der Waals surface area contributed by atoms with E-state index in [1.54, 1.807) is 18.3 Å². The van der Waals surface area contributed by atoms with Crippen LogP contribution in [0.4, 0.5) is 5.82 Å². The van der Waals surface area contributed by atoms with E-state index in [0.717, 1.165) is 22.2 Å². The molecule has 0 saturated carbocycles. The maximum atomic E-state index is 12.3. The van der Waals surface area contributed by atoms with Gasteiger partial charge in [-0.1, -0.05) is 38.5 Å². The van der Waals surface area contributed by atoms with Gasteiger partial charge in [-0.2, -0.15) is 0 Å². The van der Waals surface area contributed by atoms with E-state index in [-0.39, 0.29) is 17.1 Å². The highest BCUT2D eigenvalue weighted by molar-refractivity contribution is 6.04. The van der Waals surface area contributed by atoms with Crippen LogP contribution in [0.3, 0.4) is 0 Å². The van der Waals surface area contributed by atoms with Crippen LogP contribution >= 0.6 is 0 Å². The van der Waals surface area contributed by atoms with Gasteiger partial charge in [0, 0.05) is 28.5 Å². The number of benzene rings is 1. The molecule has 0 radical (unpaired) electrons. The smallest absolute Gasteiger partial charge is 0.256 e. The predicted octanol–water partition coefficient (Wildman–Crippen LogP) is 4.28. The predicted molar refractivity (Wildman–Crippen MR) is 103 cm³/mol. The van der Waals surface area contributed by atoms with Gasteiger partial charge in [-0.05, 0) is 31.2 Å². The van der Waals surface area contributed by atoms with Gasteiger partial charge in [-0.3, -0.25) is 9.59 Å². The Morgan fingerprint density at radius 1 is 1.12 bits per heavy atom. The Kier molecular flexibility index (Phi) is 4.64. The number of H-pyrrole nitrogens is 1. The Morgan fingerprint density at radius 2 is 1.81 bits per heavy atom. The number of amides is 1. The summed E-state index contributed by atoms with van der Waals surface area (Å²) in [5.41, 5.74) is 3.01. The molecule has 0 aliphatic carbocycles. The van der Waals surface area contributed by atoms with Gasteiger partial charge in [0.15, 0.2) is 0 Å². The number of hydrogen-bond donors (Lipinski definition) is 2. The number of carbonyl (C=O) groups is 2. The van der Waals surface area contributed by atoms with Crippen molar-refractivity contribution >= 4 is 28.4 Å². The zero-order valence-electron chi connectivity index (χ0n) is 15.5. The number of rotatable bonds is 4. The maximum Gasteiger partial charge on any atom is 0.256 e. The SMILES string of the molecule is Cc1ccc(C(=O)Nc2cc3cc(CC(=O)C(C)(C)C)[nH]c3cn2)cc1. The third-order valence-corrected chi connectivity index (χ3v) is 4.30. The van der Waals surface area contributed by atoms with Gasteiger partial charge >= 0.3 is 0 Å². The molecule has 1 amide bonds. The minimum absolute atomic E-state index is 0.171. The van der Waals surface area contributed by atoms with Crippen molar-refractivity contribution in [1.29, 1.82) is 0 Å². The first-order valence-corrected chi connectivity index (χ1v) is 8.61. The van der Waals surface area contributed by atoms with E-state index in [0.29, 0.717) is 17.8 Å². The number of pyridine rings is 1. The Hall–Kier alpha value is -2.95. The van der Waals surface area contributed by atoms with Gasteiger partial charge in [0.05, 0.1) is 11.7 Å². The first kappa shape index (κ1) is 17.9. The van der Waals surface area contributed by atoms with Gasteiger partial charge in [-0.15, -0.1) is 0 Å². The lowest BCUT2D eigenvalue weighted by molar-refractivity contribution is -0.125. The van der Waals surface area contributed by atoms with Gasteiger partial charge < -0.3 is 10.3 Å². The standard InChI is InChI=1S/C21H23N3O2/c1-13-5-7-14(8-6-13)20(26)24-19-10-15-9-16(23-17(15)12-22-19)11-18(25)21(2,3)4/h5-10,12,23H,11H2,1-4H3,(H,22,24,26). The summed E-state index contributed by atoms with van der Waals surface area (Å²) in [6.07, 6.45) is 2.02. The van der Waals surface area contributed by atoms with E-state index in [9.17, 15) is 9.59 Å². The van der Waals surface area contributed by atoms with E-state index in [2.05, 4.69) is 15.3 Å². The van der Waals surface area contributed by atoms with E-state index in [1.807, 2.05) is 52.0 Å². The molecule has 3 aromatic rings. The monoisotopic (exact) mass is 349 g/mol. The minimum Gasteiger partial charge on any atom is -0.357 e. The quantitative estimate of drug-likeness (QED) is 0.738. The average Bonchev–Trinajstić information content (AvgIpc) is 2.96. The Balaban J connectivity index is 1.77. The number of hydrogen-bond acceptors (Lipinski definition) is 3. The Labute approximate surface area is 152 Å². The lowest BCUT2D eigenvalue weighted by atomic mass is 9.88. The van der Waals surface area contributed by atoms with Crippen LogP contribution in [0.5, 0.6) is 0 Å². The van der Waals surface area contributed by atoms with Gasteiger partial charge in [0.1, 0.15) is 11.6 Å². The fourth-order valence-electron chi connectivity index (χ4n) is 2.59. The molecular weight excluding hydrogens is 326 g/mol. The van der Waals surface area contributed by atoms with Crippen LogP contribution in [0.2, 0.25) is 0 Å². The summed E-state index contributed by atoms with van der Waals surface area (Å²) in [4.78, 5) is 32.0. The zero-order valence-corrected chi connectivity index (χ0v) is 15.5. The van der Waals surface area contributed by atoms with E-state index in [1.165, 1.54) is 0 Å². The van der Waals surface area contributed by atoms with Crippen LogP contribution in [0.1, 0.15) is 42.4 Å². The molecule has 0 saturated heterocycles. The summed E-state index contributed by atoms with van der Waals surface area (Å²) in [6.45, 7) is 7.72. The number of nitrogens with one attached hydrogen (secondary N) is 2. The molecule has 2 aromatic heterocycles. The normalized spacial score (nSPS) is 11.5. The van der Waals surface area contributed by atoms with Gasteiger partial charge in [0.2, 0.25) is 0 Å². The van der Waals surface area contributed by atoms with Crippen molar-refractivity contribution in [1.82, 2.24) is 9.97 Å². The van der Waals surface area contributed by atoms with Crippen molar-refractivity contribution in [3.8, 4) is 0 Å². The molecule has 26 heavy (non-hydrogen) atoms. The van der Waals surface area contributed by atoms with Crippen LogP contribution < -0.4 is 5.32 Å². The lowest BCUT2D eigenvalue weighted by Gasteiger charge is -2.15. The van der Waals surface area contributed by atoms with Gasteiger partial charge in [-0.25, -0.2) is 4.98 Å². The molecule has 2 heterocycles. The van der Waals surface area contributed by atoms with Crippen LogP contribution in [-0.4, -0.2) is 21.7 Å². The number of nitrogens with zero attached hydrogens (tertiary/aromatic N) is 1. The van der Waals surface area contributed by atoms with Crippen molar-refractivity contribution in [3.63, 3.8) is 0 Å². The molecule has 0 atom stereocenters. The number of anilines is 1. The lowest BCUT2D eigenvalue weighted by Crippen LogP contribution is -2.22. The topological polar surface area (TPSA) is 74.8 Å². The Bertz CT molecular complexity index is 963. The Morgan fingerprint density at radius 3 is 2.46 bits per heavy atom. The molecule has 0 bridgehead atoms.